The molecular formula is C18H14F2N4OS. The number of hydrogen-bond donors (Lipinski definition) is 2. The number of hydrogen-bond acceptors (Lipinski definition) is 4. The fraction of sp³-hybridized carbons (Fsp3) is 0.111. The Hall–Kier alpha value is -2.87. The van der Waals surface area contributed by atoms with Crippen LogP contribution in [0.25, 0.3) is 5.70 Å². The van der Waals surface area contributed by atoms with Crippen molar-refractivity contribution in [3.63, 3.8) is 0 Å². The van der Waals surface area contributed by atoms with E-state index in [9.17, 15) is 13.6 Å². The van der Waals surface area contributed by atoms with Gasteiger partial charge >= 0.3 is 6.03 Å². The van der Waals surface area contributed by atoms with E-state index in [1.807, 2.05) is 17.5 Å². The van der Waals surface area contributed by atoms with Gasteiger partial charge in [-0.25, -0.2) is 13.6 Å². The Labute approximate surface area is 152 Å². The molecule has 2 aromatic rings. The van der Waals surface area contributed by atoms with Crippen LogP contribution in [0.4, 0.5) is 25.0 Å². The molecule has 0 saturated carbocycles. The van der Waals surface area contributed by atoms with Gasteiger partial charge in [0.2, 0.25) is 0 Å². The molecule has 0 saturated heterocycles. The van der Waals surface area contributed by atoms with Gasteiger partial charge in [-0.2, -0.15) is 0 Å². The molecule has 8 heteroatoms. The molecule has 0 unspecified atom stereocenters. The average molecular weight is 372 g/mol. The van der Waals surface area contributed by atoms with Gasteiger partial charge in [-0.05, 0) is 29.8 Å². The molecule has 2 aromatic carbocycles. The third kappa shape index (κ3) is 3.15. The number of rotatable bonds is 3. The second-order valence-corrected chi connectivity index (χ2v) is 6.53. The first-order valence-corrected chi connectivity index (χ1v) is 8.81. The van der Waals surface area contributed by atoms with E-state index in [1.165, 1.54) is 6.07 Å². The van der Waals surface area contributed by atoms with E-state index >= 15 is 0 Å². The lowest BCUT2D eigenvalue weighted by atomic mass is 10.1. The van der Waals surface area contributed by atoms with Gasteiger partial charge in [0.15, 0.2) is 5.17 Å². The van der Waals surface area contributed by atoms with E-state index in [0.717, 1.165) is 41.7 Å². The van der Waals surface area contributed by atoms with Gasteiger partial charge in [0, 0.05) is 17.6 Å². The van der Waals surface area contributed by atoms with Gasteiger partial charge in [0.25, 0.3) is 0 Å². The van der Waals surface area contributed by atoms with Crippen molar-refractivity contribution < 1.29 is 13.6 Å². The summed E-state index contributed by atoms with van der Waals surface area (Å²) in [5.41, 5.74) is 2.13. The summed E-state index contributed by atoms with van der Waals surface area (Å²) < 4.78 is 27.2. The van der Waals surface area contributed by atoms with Crippen LogP contribution in [-0.2, 0) is 0 Å². The van der Waals surface area contributed by atoms with E-state index in [-0.39, 0.29) is 0 Å². The summed E-state index contributed by atoms with van der Waals surface area (Å²) in [6.07, 6.45) is 0. The van der Waals surface area contributed by atoms with Crippen LogP contribution in [0, 0.1) is 11.6 Å². The maximum atomic E-state index is 13.6. The number of benzene rings is 2. The quantitative estimate of drug-likeness (QED) is 0.843. The summed E-state index contributed by atoms with van der Waals surface area (Å²) in [4.78, 5) is 18.5. The molecule has 2 aliphatic heterocycles. The molecule has 2 N–H and O–H groups in total. The van der Waals surface area contributed by atoms with Crippen LogP contribution in [0.15, 0.2) is 52.9 Å². The number of amides is 2. The third-order valence-corrected chi connectivity index (χ3v) is 4.91. The van der Waals surface area contributed by atoms with Crippen molar-refractivity contribution in [1.82, 2.24) is 4.90 Å². The molecule has 2 aliphatic rings. The zero-order valence-corrected chi connectivity index (χ0v) is 14.3. The molecule has 0 atom stereocenters. The lowest BCUT2D eigenvalue weighted by Crippen LogP contribution is -2.21. The second-order valence-electron chi connectivity index (χ2n) is 5.69. The molecule has 4 rings (SSSR count). The van der Waals surface area contributed by atoms with Gasteiger partial charge in [0.05, 0.1) is 12.2 Å². The molecule has 0 aliphatic carbocycles. The average Bonchev–Trinajstić information content (AvgIpc) is 3.23. The Bertz CT molecular complexity index is 907. The number of anilines is 2. The van der Waals surface area contributed by atoms with Crippen LogP contribution in [0.5, 0.6) is 0 Å². The Kier molecular flexibility index (Phi) is 4.34. The maximum Gasteiger partial charge on any atom is 0.323 e. The molecule has 2 heterocycles. The Morgan fingerprint density at radius 2 is 1.81 bits per heavy atom. The lowest BCUT2D eigenvalue weighted by molar-refractivity contribution is 0.262. The summed E-state index contributed by atoms with van der Waals surface area (Å²) in [6, 6.07) is 9.92. The topological polar surface area (TPSA) is 56.7 Å². The number of carbonyl (C=O) groups is 1. The van der Waals surface area contributed by atoms with E-state index in [2.05, 4.69) is 20.5 Å². The number of urea groups is 1. The molecule has 2 amide bonds. The van der Waals surface area contributed by atoms with E-state index in [4.69, 9.17) is 0 Å². The number of amidine groups is 1. The maximum absolute atomic E-state index is 13.6. The first kappa shape index (κ1) is 16.6. The summed E-state index contributed by atoms with van der Waals surface area (Å²) in [5, 5.41) is 7.81. The SMILES string of the molecule is O=C(Nc1ccc(C2=CSC3=NCCN23)cc1)Nc1c(F)cccc1F. The van der Waals surface area contributed by atoms with Crippen molar-refractivity contribution in [2.75, 3.05) is 23.7 Å². The molecule has 0 fully saturated rings. The normalized spacial score (nSPS) is 15.4. The number of nitrogens with zero attached hydrogens (tertiary/aromatic N) is 2. The first-order valence-electron chi connectivity index (χ1n) is 7.93. The molecule has 0 bridgehead atoms. The minimum Gasteiger partial charge on any atom is -0.318 e. The highest BCUT2D eigenvalue weighted by Gasteiger charge is 2.26. The van der Waals surface area contributed by atoms with Crippen molar-refractivity contribution in [1.29, 1.82) is 0 Å². The number of nitrogens with one attached hydrogen (secondary N) is 2. The highest BCUT2D eigenvalue weighted by molar-refractivity contribution is 8.16. The number of carbonyl (C=O) groups excluding carboxylic acids is 1. The van der Waals surface area contributed by atoms with Crippen molar-refractivity contribution in [3.05, 3.63) is 65.1 Å². The van der Waals surface area contributed by atoms with E-state index < -0.39 is 23.4 Å². The summed E-state index contributed by atoms with van der Waals surface area (Å²) in [6.45, 7) is 1.66. The summed E-state index contributed by atoms with van der Waals surface area (Å²) >= 11 is 1.60. The summed E-state index contributed by atoms with van der Waals surface area (Å²) in [5.74, 6) is -1.66. The van der Waals surface area contributed by atoms with Crippen molar-refractivity contribution in [2.45, 2.75) is 0 Å². The molecule has 5 nitrogen and oxygen atoms in total. The largest absolute Gasteiger partial charge is 0.323 e. The van der Waals surface area contributed by atoms with Gasteiger partial charge in [-0.15, -0.1) is 0 Å². The van der Waals surface area contributed by atoms with Crippen LogP contribution < -0.4 is 10.6 Å². The van der Waals surface area contributed by atoms with Crippen LogP contribution >= 0.6 is 11.8 Å². The molecule has 0 radical (unpaired) electrons. The molecular weight excluding hydrogens is 358 g/mol. The zero-order valence-electron chi connectivity index (χ0n) is 13.5. The highest BCUT2D eigenvalue weighted by atomic mass is 32.2. The van der Waals surface area contributed by atoms with Gasteiger partial charge in [-0.3, -0.25) is 4.99 Å². The third-order valence-electron chi connectivity index (χ3n) is 4.01. The highest BCUT2D eigenvalue weighted by Crippen LogP contribution is 2.35. The monoisotopic (exact) mass is 372 g/mol. The van der Waals surface area contributed by atoms with Gasteiger partial charge in [0.1, 0.15) is 17.3 Å². The molecule has 0 aromatic heterocycles. The first-order chi connectivity index (χ1) is 12.6. The predicted octanol–water partition coefficient (Wildman–Crippen LogP) is 4.33. The zero-order chi connectivity index (χ0) is 18.1. The van der Waals surface area contributed by atoms with E-state index in [1.54, 1.807) is 23.9 Å². The van der Waals surface area contributed by atoms with Crippen molar-refractivity contribution in [3.8, 4) is 0 Å². The van der Waals surface area contributed by atoms with Crippen LogP contribution in [0.2, 0.25) is 0 Å². The van der Waals surface area contributed by atoms with Gasteiger partial charge < -0.3 is 15.5 Å². The number of thioether (sulfide) groups is 1. The summed E-state index contributed by atoms with van der Waals surface area (Å²) in [7, 11) is 0. The number of fused-ring (bicyclic) bond motifs is 1. The predicted molar refractivity (Wildman–Crippen MR) is 100 cm³/mol. The van der Waals surface area contributed by atoms with E-state index in [0.29, 0.717) is 5.69 Å². The molecule has 132 valence electrons. The Morgan fingerprint density at radius 1 is 1.08 bits per heavy atom. The fourth-order valence-electron chi connectivity index (χ4n) is 2.76. The minimum atomic E-state index is -0.829. The smallest absolute Gasteiger partial charge is 0.318 e. The fourth-order valence-corrected chi connectivity index (χ4v) is 3.73. The van der Waals surface area contributed by atoms with Crippen LogP contribution in [0.1, 0.15) is 5.56 Å². The second kappa shape index (κ2) is 6.80. The lowest BCUT2D eigenvalue weighted by Gasteiger charge is -2.17. The number of para-hydroxylation sites is 1. The minimum absolute atomic E-state index is 0.476. The Balaban J connectivity index is 1.43. The standard InChI is InChI=1S/C18H14F2N4OS/c19-13-2-1-3-14(20)16(13)23-17(25)22-12-6-4-11(5-7-12)15-10-26-18-21-8-9-24(15)18/h1-7,10H,8-9H2,(H2,22,23,25). The molecule has 0 spiro atoms. The van der Waals surface area contributed by atoms with Crippen molar-refractivity contribution >= 4 is 40.0 Å². The molecule has 26 heavy (non-hydrogen) atoms. The van der Waals surface area contributed by atoms with Crippen LogP contribution in [-0.4, -0.2) is 29.2 Å². The number of halogens is 2. The Morgan fingerprint density at radius 3 is 2.54 bits per heavy atom. The van der Waals surface area contributed by atoms with Gasteiger partial charge in [-0.1, -0.05) is 30.0 Å². The van der Waals surface area contributed by atoms with Crippen molar-refractivity contribution in [2.24, 2.45) is 4.99 Å². The number of aliphatic imine (C=N–C) groups is 1. The van der Waals surface area contributed by atoms with Crippen LogP contribution in [0.3, 0.4) is 0 Å².